The van der Waals surface area contributed by atoms with Crippen LogP contribution in [-0.4, -0.2) is 38.1 Å². The van der Waals surface area contributed by atoms with Crippen molar-refractivity contribution in [1.82, 2.24) is 4.90 Å². The number of ether oxygens (including phenoxy) is 1. The number of aryl methyl sites for hydroxylation is 1. The number of hydrogen-bond donors (Lipinski definition) is 2. The largest absolute Gasteiger partial charge is 0.494 e. The first-order valence-electron chi connectivity index (χ1n) is 8.53. The summed E-state index contributed by atoms with van der Waals surface area (Å²) < 4.78 is 5.73. The molecule has 0 aliphatic heterocycles. The van der Waals surface area contributed by atoms with E-state index in [-0.39, 0.29) is 0 Å². The van der Waals surface area contributed by atoms with Crippen LogP contribution in [0.4, 0.5) is 5.69 Å². The quantitative estimate of drug-likeness (QED) is 0.440. The minimum atomic E-state index is 0.410. The highest BCUT2D eigenvalue weighted by Gasteiger charge is 1.98. The van der Waals surface area contributed by atoms with E-state index in [0.29, 0.717) is 12.5 Å². The lowest BCUT2D eigenvalue weighted by atomic mass is 10.2. The zero-order chi connectivity index (χ0) is 18.1. The maximum atomic E-state index is 5.94. The smallest absolute Gasteiger partial charge is 0.193 e. The molecular weight excluding hydrogens is 312 g/mol. The van der Waals surface area contributed by atoms with E-state index in [1.54, 1.807) is 0 Å². The van der Waals surface area contributed by atoms with Crippen LogP contribution in [0.3, 0.4) is 0 Å². The Morgan fingerprint density at radius 2 is 1.76 bits per heavy atom. The SMILES string of the molecule is Cc1ccc(NC(N)=NCc2ccc(OCCCN(C)C)cc2)cc1. The van der Waals surface area contributed by atoms with Crippen molar-refractivity contribution in [2.75, 3.05) is 32.6 Å². The molecule has 0 radical (unpaired) electrons. The van der Waals surface area contributed by atoms with Gasteiger partial charge < -0.3 is 20.7 Å². The fourth-order valence-electron chi connectivity index (χ4n) is 2.26. The highest BCUT2D eigenvalue weighted by Crippen LogP contribution is 2.13. The zero-order valence-electron chi connectivity index (χ0n) is 15.3. The van der Waals surface area contributed by atoms with Gasteiger partial charge in [0.2, 0.25) is 0 Å². The van der Waals surface area contributed by atoms with E-state index in [1.807, 2.05) is 48.5 Å². The third kappa shape index (κ3) is 7.27. The van der Waals surface area contributed by atoms with E-state index in [2.05, 4.69) is 36.2 Å². The van der Waals surface area contributed by atoms with Gasteiger partial charge in [-0.15, -0.1) is 0 Å². The van der Waals surface area contributed by atoms with Crippen LogP contribution >= 0.6 is 0 Å². The summed E-state index contributed by atoms with van der Waals surface area (Å²) in [6.45, 7) is 4.34. The standard InChI is InChI=1S/C20H28N4O/c1-16-5-9-18(10-6-16)23-20(21)22-15-17-7-11-19(12-8-17)25-14-4-13-24(2)3/h5-12H,4,13-15H2,1-3H3,(H3,21,22,23). The van der Waals surface area contributed by atoms with Crippen LogP contribution < -0.4 is 15.8 Å². The molecule has 0 spiro atoms. The highest BCUT2D eigenvalue weighted by molar-refractivity contribution is 5.92. The molecule has 0 fully saturated rings. The number of aliphatic imine (C=N–C) groups is 1. The summed E-state index contributed by atoms with van der Waals surface area (Å²) in [7, 11) is 4.13. The molecule has 134 valence electrons. The van der Waals surface area contributed by atoms with Crippen molar-refractivity contribution < 1.29 is 4.74 Å². The minimum Gasteiger partial charge on any atom is -0.494 e. The molecule has 3 N–H and O–H groups in total. The Hall–Kier alpha value is -2.53. The molecule has 0 saturated heterocycles. The molecule has 0 saturated carbocycles. The lowest BCUT2D eigenvalue weighted by Crippen LogP contribution is -2.22. The van der Waals surface area contributed by atoms with E-state index in [1.165, 1.54) is 5.56 Å². The number of benzene rings is 2. The summed E-state index contributed by atoms with van der Waals surface area (Å²) in [6, 6.07) is 16.0. The molecule has 0 amide bonds. The Bertz CT molecular complexity index is 663. The number of anilines is 1. The first kappa shape index (κ1) is 18.8. The van der Waals surface area contributed by atoms with Crippen molar-refractivity contribution in [2.45, 2.75) is 19.9 Å². The molecule has 0 unspecified atom stereocenters. The maximum absolute atomic E-state index is 5.94. The van der Waals surface area contributed by atoms with Crippen LogP contribution in [0, 0.1) is 6.92 Å². The van der Waals surface area contributed by atoms with Gasteiger partial charge in [-0.05, 0) is 57.3 Å². The Labute approximate surface area is 150 Å². The lowest BCUT2D eigenvalue weighted by molar-refractivity contribution is 0.281. The molecule has 0 bridgehead atoms. The van der Waals surface area contributed by atoms with Crippen molar-refractivity contribution >= 4 is 11.6 Å². The molecule has 5 heteroatoms. The summed E-state index contributed by atoms with van der Waals surface area (Å²) in [4.78, 5) is 6.53. The predicted molar refractivity (Wildman–Crippen MR) is 105 cm³/mol. The van der Waals surface area contributed by atoms with Gasteiger partial charge in [0, 0.05) is 12.2 Å². The third-order valence-electron chi connectivity index (χ3n) is 3.70. The number of hydrogen-bond acceptors (Lipinski definition) is 3. The van der Waals surface area contributed by atoms with E-state index >= 15 is 0 Å². The lowest BCUT2D eigenvalue weighted by Gasteiger charge is -2.10. The average Bonchev–Trinajstić information content (AvgIpc) is 2.60. The molecule has 2 aromatic rings. The van der Waals surface area contributed by atoms with E-state index in [4.69, 9.17) is 10.5 Å². The van der Waals surface area contributed by atoms with Gasteiger partial charge in [-0.1, -0.05) is 29.8 Å². The molecule has 0 aromatic heterocycles. The van der Waals surface area contributed by atoms with E-state index in [0.717, 1.165) is 36.6 Å². The minimum absolute atomic E-state index is 0.410. The maximum Gasteiger partial charge on any atom is 0.193 e. The predicted octanol–water partition coefficient (Wildman–Crippen LogP) is 3.25. The highest BCUT2D eigenvalue weighted by atomic mass is 16.5. The molecule has 0 heterocycles. The Morgan fingerprint density at radius 3 is 2.40 bits per heavy atom. The van der Waals surface area contributed by atoms with Gasteiger partial charge >= 0.3 is 0 Å². The van der Waals surface area contributed by atoms with Crippen LogP contribution in [0.25, 0.3) is 0 Å². The van der Waals surface area contributed by atoms with Crippen molar-refractivity contribution in [3.8, 4) is 5.75 Å². The number of nitrogens with zero attached hydrogens (tertiary/aromatic N) is 2. The van der Waals surface area contributed by atoms with Crippen LogP contribution in [-0.2, 0) is 6.54 Å². The van der Waals surface area contributed by atoms with Gasteiger partial charge in [-0.2, -0.15) is 0 Å². The Morgan fingerprint density at radius 1 is 1.08 bits per heavy atom. The zero-order valence-corrected chi connectivity index (χ0v) is 15.3. The number of guanidine groups is 1. The van der Waals surface area contributed by atoms with Crippen molar-refractivity contribution in [3.63, 3.8) is 0 Å². The van der Waals surface area contributed by atoms with Gasteiger partial charge in [0.25, 0.3) is 0 Å². The fourth-order valence-corrected chi connectivity index (χ4v) is 2.26. The first-order valence-corrected chi connectivity index (χ1v) is 8.53. The normalized spacial score (nSPS) is 11.6. The number of nitrogens with one attached hydrogen (secondary N) is 1. The summed E-state index contributed by atoms with van der Waals surface area (Å²) >= 11 is 0. The molecule has 5 nitrogen and oxygen atoms in total. The molecule has 2 aromatic carbocycles. The second kappa shape index (κ2) is 9.69. The topological polar surface area (TPSA) is 62.9 Å². The summed E-state index contributed by atoms with van der Waals surface area (Å²) in [5, 5.41) is 3.09. The Kier molecular flexibility index (Phi) is 7.29. The van der Waals surface area contributed by atoms with Gasteiger partial charge in [0.05, 0.1) is 13.2 Å². The van der Waals surface area contributed by atoms with E-state index in [9.17, 15) is 0 Å². The van der Waals surface area contributed by atoms with Gasteiger partial charge in [-0.25, -0.2) is 4.99 Å². The molecule has 0 atom stereocenters. The summed E-state index contributed by atoms with van der Waals surface area (Å²) in [6.07, 6.45) is 1.01. The van der Waals surface area contributed by atoms with Crippen LogP contribution in [0.1, 0.15) is 17.5 Å². The Balaban J connectivity index is 1.78. The van der Waals surface area contributed by atoms with Gasteiger partial charge in [0.1, 0.15) is 5.75 Å². The van der Waals surface area contributed by atoms with Gasteiger partial charge in [0.15, 0.2) is 5.96 Å². The second-order valence-corrected chi connectivity index (χ2v) is 6.34. The molecule has 0 aliphatic carbocycles. The van der Waals surface area contributed by atoms with Crippen LogP contribution in [0.5, 0.6) is 5.75 Å². The molecule has 0 aliphatic rings. The number of rotatable bonds is 8. The molecular formula is C20H28N4O. The van der Waals surface area contributed by atoms with Crippen molar-refractivity contribution in [3.05, 3.63) is 59.7 Å². The number of nitrogens with two attached hydrogens (primary N) is 1. The summed E-state index contributed by atoms with van der Waals surface area (Å²) in [5.74, 6) is 1.30. The second-order valence-electron chi connectivity index (χ2n) is 6.34. The molecule has 2 rings (SSSR count). The third-order valence-corrected chi connectivity index (χ3v) is 3.70. The molecule has 25 heavy (non-hydrogen) atoms. The van der Waals surface area contributed by atoms with Gasteiger partial charge in [-0.3, -0.25) is 0 Å². The van der Waals surface area contributed by atoms with Crippen molar-refractivity contribution in [1.29, 1.82) is 0 Å². The summed E-state index contributed by atoms with van der Waals surface area (Å²) in [5.41, 5.74) is 9.18. The first-order chi connectivity index (χ1) is 12.0. The van der Waals surface area contributed by atoms with Crippen molar-refractivity contribution in [2.24, 2.45) is 10.7 Å². The monoisotopic (exact) mass is 340 g/mol. The fraction of sp³-hybridized carbons (Fsp3) is 0.350. The van der Waals surface area contributed by atoms with E-state index < -0.39 is 0 Å². The van der Waals surface area contributed by atoms with Crippen LogP contribution in [0.2, 0.25) is 0 Å². The average molecular weight is 340 g/mol. The van der Waals surface area contributed by atoms with Crippen LogP contribution in [0.15, 0.2) is 53.5 Å².